The second kappa shape index (κ2) is 12.6. The summed E-state index contributed by atoms with van der Waals surface area (Å²) in [6.45, 7) is 5.36. The number of ether oxygens (including phenoxy) is 2. The molecule has 0 spiro atoms. The minimum atomic E-state index is -4.11. The van der Waals surface area contributed by atoms with Gasteiger partial charge in [0.1, 0.15) is 11.5 Å². The van der Waals surface area contributed by atoms with E-state index in [2.05, 4.69) is 14.5 Å². The Balaban J connectivity index is 1.28. The van der Waals surface area contributed by atoms with E-state index in [1.807, 2.05) is 0 Å². The van der Waals surface area contributed by atoms with E-state index in [1.165, 1.54) is 16.4 Å². The highest BCUT2D eigenvalue weighted by Gasteiger charge is 2.35. The molecule has 4 fully saturated rings. The van der Waals surface area contributed by atoms with Crippen molar-refractivity contribution in [2.75, 3.05) is 64.5 Å². The van der Waals surface area contributed by atoms with Crippen molar-refractivity contribution in [2.45, 2.75) is 56.6 Å². The molecule has 3 aromatic rings. The molecule has 0 bridgehead atoms. The molecule has 1 aliphatic carbocycles. The smallest absolute Gasteiger partial charge is 0.304 e. The van der Waals surface area contributed by atoms with E-state index in [0.717, 1.165) is 88.3 Å². The van der Waals surface area contributed by atoms with Crippen LogP contribution in [0.1, 0.15) is 60.6 Å². The van der Waals surface area contributed by atoms with Crippen LogP contribution in [0.3, 0.4) is 0 Å². The van der Waals surface area contributed by atoms with E-state index in [1.54, 1.807) is 30.0 Å². The first-order valence-corrected chi connectivity index (χ1v) is 17.4. The van der Waals surface area contributed by atoms with Crippen molar-refractivity contribution in [2.24, 2.45) is 0 Å². The Kier molecular flexibility index (Phi) is 8.50. The molecule has 3 saturated heterocycles. The molecule has 242 valence electrons. The molecular weight excluding hydrogens is 601 g/mol. The van der Waals surface area contributed by atoms with Gasteiger partial charge in [0.15, 0.2) is 5.65 Å². The predicted molar refractivity (Wildman–Crippen MR) is 166 cm³/mol. The third-order valence-electron chi connectivity index (χ3n) is 9.81. The lowest BCUT2D eigenvalue weighted by molar-refractivity contribution is 0.0115. The van der Waals surface area contributed by atoms with Gasteiger partial charge >= 0.3 is 10.2 Å². The van der Waals surface area contributed by atoms with E-state index in [4.69, 9.17) is 19.6 Å². The molecule has 0 radical (unpaired) electrons. The lowest BCUT2D eigenvalue weighted by Crippen LogP contribution is -2.49. The first-order chi connectivity index (χ1) is 21.8. The quantitative estimate of drug-likeness (QED) is 0.396. The van der Waals surface area contributed by atoms with Gasteiger partial charge in [-0.05, 0) is 62.4 Å². The summed E-state index contributed by atoms with van der Waals surface area (Å²) in [5.74, 6) is -0.919. The zero-order valence-corrected chi connectivity index (χ0v) is 26.3. The number of carbonyl (C=O) groups excluding carboxylic acids is 1. The summed E-state index contributed by atoms with van der Waals surface area (Å²) in [5.41, 5.74) is 2.81. The number of pyridine rings is 1. The Morgan fingerprint density at radius 2 is 1.76 bits per heavy atom. The fraction of sp³-hybridized carbons (Fsp3) is 0.581. The van der Waals surface area contributed by atoms with Crippen LogP contribution in [-0.4, -0.2) is 110 Å². The SMILES string of the molecule is COC1CCN(S(=O)(=O)NC(=O)c2cc(N3CCC(N4CCOCC4)CC3)c3c(C4CCC4)nn(-c4ccc(F)cc4)c3n2)C1. The summed E-state index contributed by atoms with van der Waals surface area (Å²) in [6, 6.07) is 8.20. The number of rotatable bonds is 8. The highest BCUT2D eigenvalue weighted by Crippen LogP contribution is 2.43. The molecule has 2 aromatic heterocycles. The number of benzene rings is 1. The van der Waals surface area contributed by atoms with Gasteiger partial charge in [0.05, 0.1) is 41.8 Å². The van der Waals surface area contributed by atoms with Crippen LogP contribution in [0.5, 0.6) is 0 Å². The van der Waals surface area contributed by atoms with E-state index < -0.39 is 16.1 Å². The topological polar surface area (TPSA) is 122 Å². The van der Waals surface area contributed by atoms with Crippen molar-refractivity contribution >= 4 is 32.8 Å². The largest absolute Gasteiger partial charge is 0.380 e. The summed E-state index contributed by atoms with van der Waals surface area (Å²) in [7, 11) is -2.56. The molecule has 1 amide bonds. The first kappa shape index (κ1) is 30.5. The Morgan fingerprint density at radius 1 is 1.02 bits per heavy atom. The molecule has 1 atom stereocenters. The normalized spacial score (nSPS) is 22.6. The summed E-state index contributed by atoms with van der Waals surface area (Å²) < 4.78 is 56.3. The summed E-state index contributed by atoms with van der Waals surface area (Å²) in [4.78, 5) is 23.2. The van der Waals surface area contributed by atoms with Gasteiger partial charge in [-0.3, -0.25) is 9.69 Å². The van der Waals surface area contributed by atoms with Crippen molar-refractivity contribution in [3.05, 3.63) is 47.5 Å². The molecule has 1 saturated carbocycles. The Bertz CT molecular complexity index is 1650. The highest BCUT2D eigenvalue weighted by atomic mass is 32.2. The van der Waals surface area contributed by atoms with Crippen molar-refractivity contribution in [3.8, 4) is 5.69 Å². The van der Waals surface area contributed by atoms with Gasteiger partial charge in [-0.1, -0.05) is 6.42 Å². The Morgan fingerprint density at radius 3 is 2.40 bits per heavy atom. The van der Waals surface area contributed by atoms with Crippen molar-refractivity contribution in [1.82, 2.24) is 28.7 Å². The maximum absolute atomic E-state index is 13.9. The molecule has 12 nitrogen and oxygen atoms in total. The Labute approximate surface area is 262 Å². The molecule has 45 heavy (non-hydrogen) atoms. The van der Waals surface area contributed by atoms with Gasteiger partial charge in [0.25, 0.3) is 5.91 Å². The third-order valence-corrected chi connectivity index (χ3v) is 11.3. The number of halogens is 1. The summed E-state index contributed by atoms with van der Waals surface area (Å²) in [5, 5.41) is 5.89. The molecule has 7 rings (SSSR count). The zero-order valence-electron chi connectivity index (χ0n) is 25.5. The van der Waals surface area contributed by atoms with Crippen LogP contribution in [0.2, 0.25) is 0 Å². The van der Waals surface area contributed by atoms with Crippen LogP contribution in [0.25, 0.3) is 16.7 Å². The van der Waals surface area contributed by atoms with Crippen LogP contribution in [-0.2, 0) is 19.7 Å². The number of morpholine rings is 1. The van der Waals surface area contributed by atoms with Crippen LogP contribution in [0.4, 0.5) is 10.1 Å². The van der Waals surface area contributed by atoms with E-state index >= 15 is 0 Å². The van der Waals surface area contributed by atoms with Gasteiger partial charge in [0, 0.05) is 58.3 Å². The molecular formula is C31H40FN7O5S. The fourth-order valence-electron chi connectivity index (χ4n) is 6.97. The van der Waals surface area contributed by atoms with Crippen molar-refractivity contribution < 1.29 is 27.1 Å². The number of carbonyl (C=O) groups is 1. The van der Waals surface area contributed by atoms with Crippen LogP contribution in [0.15, 0.2) is 30.3 Å². The predicted octanol–water partition coefficient (Wildman–Crippen LogP) is 2.82. The van der Waals surface area contributed by atoms with Crippen molar-refractivity contribution in [1.29, 1.82) is 0 Å². The van der Waals surface area contributed by atoms with Crippen molar-refractivity contribution in [3.63, 3.8) is 0 Å². The zero-order chi connectivity index (χ0) is 31.1. The number of hydrogen-bond acceptors (Lipinski definition) is 9. The molecule has 4 aliphatic rings. The molecule has 1 aromatic carbocycles. The highest BCUT2D eigenvalue weighted by molar-refractivity contribution is 7.87. The average molecular weight is 642 g/mol. The van der Waals surface area contributed by atoms with Gasteiger partial charge in [0.2, 0.25) is 0 Å². The Hall–Kier alpha value is -3.17. The monoisotopic (exact) mass is 641 g/mol. The molecule has 3 aliphatic heterocycles. The minimum Gasteiger partial charge on any atom is -0.380 e. The summed E-state index contributed by atoms with van der Waals surface area (Å²) in [6.07, 6.45) is 5.39. The van der Waals surface area contributed by atoms with Crippen LogP contribution < -0.4 is 9.62 Å². The van der Waals surface area contributed by atoms with Gasteiger partial charge < -0.3 is 14.4 Å². The maximum Gasteiger partial charge on any atom is 0.304 e. The number of anilines is 1. The average Bonchev–Trinajstić information content (AvgIpc) is 3.67. The van der Waals surface area contributed by atoms with Gasteiger partial charge in [-0.2, -0.15) is 17.8 Å². The minimum absolute atomic E-state index is 0.0118. The number of aromatic nitrogens is 3. The number of fused-ring (bicyclic) bond motifs is 1. The molecule has 14 heteroatoms. The van der Waals surface area contributed by atoms with Gasteiger partial charge in [-0.25, -0.2) is 18.8 Å². The maximum atomic E-state index is 13.9. The molecule has 5 heterocycles. The number of hydrogen-bond donors (Lipinski definition) is 1. The molecule has 1 unspecified atom stereocenters. The number of nitrogens with one attached hydrogen (secondary N) is 1. The second-order valence-electron chi connectivity index (χ2n) is 12.4. The lowest BCUT2D eigenvalue weighted by Gasteiger charge is -2.41. The second-order valence-corrected chi connectivity index (χ2v) is 14.1. The first-order valence-electron chi connectivity index (χ1n) is 15.9. The van der Waals surface area contributed by atoms with E-state index in [9.17, 15) is 17.6 Å². The third kappa shape index (κ3) is 6.06. The summed E-state index contributed by atoms with van der Waals surface area (Å²) >= 11 is 0. The van der Waals surface area contributed by atoms with Crippen LogP contribution >= 0.6 is 0 Å². The van der Waals surface area contributed by atoms with E-state index in [-0.39, 0.29) is 36.6 Å². The standard InChI is InChI=1S/C31H40FN7O5S/c1-43-25-11-14-38(20-25)45(41,42)35-31(40)26-19-27(37-12-9-23(10-13-37)36-15-17-44-18-16-36)28-29(21-3-2-4-21)34-39(30(28)33-26)24-7-5-22(32)6-8-24/h5-8,19,21,23,25H,2-4,9-18,20H2,1H3,(H,35,40). The lowest BCUT2D eigenvalue weighted by atomic mass is 9.82. The molecule has 1 N–H and O–H groups in total. The van der Waals surface area contributed by atoms with Gasteiger partial charge in [-0.15, -0.1) is 0 Å². The number of amides is 1. The van der Waals surface area contributed by atoms with E-state index in [0.29, 0.717) is 23.8 Å². The van der Waals surface area contributed by atoms with Crippen LogP contribution in [0, 0.1) is 5.82 Å². The number of methoxy groups -OCH3 is 1. The fourth-order valence-corrected chi connectivity index (χ4v) is 8.15. The number of nitrogens with zero attached hydrogens (tertiary/aromatic N) is 6. The number of piperidine rings is 1.